The van der Waals surface area contributed by atoms with Crippen molar-refractivity contribution in [2.24, 2.45) is 0 Å². The maximum atomic E-state index is 11.9. The van der Waals surface area contributed by atoms with Crippen molar-refractivity contribution in [3.05, 3.63) is 60.3 Å². The molecule has 1 fully saturated rings. The molecule has 0 spiro atoms. The summed E-state index contributed by atoms with van der Waals surface area (Å²) in [7, 11) is 5.16. The van der Waals surface area contributed by atoms with Crippen LogP contribution in [0.1, 0.15) is 10.4 Å². The molecule has 1 saturated heterocycles. The van der Waals surface area contributed by atoms with Crippen LogP contribution in [0.4, 0.5) is 28.8 Å². The Morgan fingerprint density at radius 1 is 1.00 bits per heavy atom. The molecule has 0 saturated carbocycles. The van der Waals surface area contributed by atoms with Crippen molar-refractivity contribution in [3.8, 4) is 5.75 Å². The lowest BCUT2D eigenvalue weighted by atomic mass is 10.2. The van der Waals surface area contributed by atoms with Crippen LogP contribution in [0.3, 0.4) is 0 Å². The summed E-state index contributed by atoms with van der Waals surface area (Å²) < 4.78 is 10.5. The van der Waals surface area contributed by atoms with Gasteiger partial charge in [-0.05, 0) is 43.4 Å². The standard InChI is InChI=1S/C26H29N7O3/c1-32-11-13-33(14-12-32)19-7-8-20(22(16-19)35-2)29-26-30-21-9-10-27-23(21)24(31-26)28-18-6-4-5-17(15-18)25(34)36-3/h4-10,15-16,27H,11-14H2,1-3H3,(H2,28,29,30,31). The Labute approximate surface area is 209 Å². The van der Waals surface area contributed by atoms with Crippen molar-refractivity contribution in [1.82, 2.24) is 19.9 Å². The number of ether oxygens (including phenoxy) is 2. The fraction of sp³-hybridized carbons (Fsp3) is 0.269. The minimum atomic E-state index is -0.402. The average Bonchev–Trinajstić information content (AvgIpc) is 3.38. The number of nitrogens with zero attached hydrogens (tertiary/aromatic N) is 4. The van der Waals surface area contributed by atoms with Gasteiger partial charge in [0, 0.05) is 49.8 Å². The number of rotatable bonds is 7. The van der Waals surface area contributed by atoms with Gasteiger partial charge in [0.15, 0.2) is 5.82 Å². The number of anilines is 5. The van der Waals surface area contributed by atoms with Gasteiger partial charge in [-0.2, -0.15) is 4.98 Å². The fourth-order valence-corrected chi connectivity index (χ4v) is 4.23. The number of methoxy groups -OCH3 is 2. The van der Waals surface area contributed by atoms with Crippen LogP contribution in [0.5, 0.6) is 5.75 Å². The molecule has 0 radical (unpaired) electrons. The molecule has 3 heterocycles. The van der Waals surface area contributed by atoms with Gasteiger partial charge in [0.1, 0.15) is 11.3 Å². The average molecular weight is 488 g/mol. The third-order valence-electron chi connectivity index (χ3n) is 6.25. The summed E-state index contributed by atoms with van der Waals surface area (Å²) in [5.41, 5.74) is 4.54. The summed E-state index contributed by atoms with van der Waals surface area (Å²) in [6, 6.07) is 15.1. The van der Waals surface area contributed by atoms with E-state index in [0.717, 1.165) is 48.6 Å². The van der Waals surface area contributed by atoms with Gasteiger partial charge in [-0.25, -0.2) is 9.78 Å². The molecule has 4 aromatic rings. The van der Waals surface area contributed by atoms with Crippen LogP contribution in [0, 0.1) is 0 Å². The van der Waals surface area contributed by atoms with Gasteiger partial charge in [0.05, 0.1) is 31.0 Å². The van der Waals surface area contributed by atoms with Crippen LogP contribution in [-0.4, -0.2) is 73.3 Å². The number of hydrogen-bond acceptors (Lipinski definition) is 9. The second-order valence-corrected chi connectivity index (χ2v) is 8.63. The predicted octanol–water partition coefficient (Wildman–Crippen LogP) is 3.99. The summed E-state index contributed by atoms with van der Waals surface area (Å²) in [5, 5.41) is 6.60. The fourth-order valence-electron chi connectivity index (χ4n) is 4.23. The molecule has 3 N–H and O–H groups in total. The Kier molecular flexibility index (Phi) is 6.59. The first-order chi connectivity index (χ1) is 17.5. The zero-order valence-corrected chi connectivity index (χ0v) is 20.5. The molecule has 1 aliphatic heterocycles. The normalized spacial score (nSPS) is 14.0. The quantitative estimate of drug-likeness (QED) is 0.334. The van der Waals surface area contributed by atoms with Gasteiger partial charge >= 0.3 is 5.97 Å². The number of aromatic nitrogens is 3. The first-order valence-corrected chi connectivity index (χ1v) is 11.7. The maximum absolute atomic E-state index is 11.9. The van der Waals surface area contributed by atoms with E-state index in [9.17, 15) is 4.79 Å². The number of benzene rings is 2. The summed E-state index contributed by atoms with van der Waals surface area (Å²) in [6.45, 7) is 4.02. The first-order valence-electron chi connectivity index (χ1n) is 11.7. The van der Waals surface area contributed by atoms with Crippen LogP contribution < -0.4 is 20.3 Å². The van der Waals surface area contributed by atoms with Gasteiger partial charge in [0.25, 0.3) is 0 Å². The van der Waals surface area contributed by atoms with Crippen LogP contribution in [-0.2, 0) is 4.74 Å². The Bertz CT molecular complexity index is 1380. The largest absolute Gasteiger partial charge is 0.494 e. The SMILES string of the molecule is COC(=O)c1cccc(Nc2nc(Nc3ccc(N4CCN(C)CC4)cc3OC)nc3cc[nH]c23)c1. The van der Waals surface area contributed by atoms with E-state index < -0.39 is 5.97 Å². The highest BCUT2D eigenvalue weighted by atomic mass is 16.5. The van der Waals surface area contributed by atoms with Gasteiger partial charge in [-0.1, -0.05) is 6.07 Å². The predicted molar refractivity (Wildman–Crippen MR) is 141 cm³/mol. The van der Waals surface area contributed by atoms with Crippen LogP contribution in [0.2, 0.25) is 0 Å². The van der Waals surface area contributed by atoms with Crippen molar-refractivity contribution in [2.75, 3.05) is 63.0 Å². The molecule has 5 rings (SSSR count). The number of fused-ring (bicyclic) bond motifs is 1. The molecule has 0 aliphatic carbocycles. The number of H-pyrrole nitrogens is 1. The number of carbonyl (C=O) groups is 1. The third kappa shape index (κ3) is 4.89. The zero-order valence-electron chi connectivity index (χ0n) is 20.5. The highest BCUT2D eigenvalue weighted by Crippen LogP contribution is 2.33. The van der Waals surface area contributed by atoms with E-state index in [1.165, 1.54) is 7.11 Å². The summed E-state index contributed by atoms with van der Waals surface area (Å²) in [4.78, 5) is 29.2. The van der Waals surface area contributed by atoms with E-state index in [1.54, 1.807) is 25.3 Å². The number of hydrogen-bond donors (Lipinski definition) is 3. The monoisotopic (exact) mass is 487 g/mol. The second-order valence-electron chi connectivity index (χ2n) is 8.63. The van der Waals surface area contributed by atoms with E-state index in [0.29, 0.717) is 28.8 Å². The lowest BCUT2D eigenvalue weighted by molar-refractivity contribution is 0.0601. The van der Waals surface area contributed by atoms with Gasteiger partial charge in [-0.15, -0.1) is 0 Å². The van der Waals surface area contributed by atoms with E-state index >= 15 is 0 Å². The van der Waals surface area contributed by atoms with E-state index in [-0.39, 0.29) is 0 Å². The number of carbonyl (C=O) groups excluding carboxylic acids is 1. The number of likely N-dealkylation sites (N-methyl/N-ethyl adjacent to an activating group) is 1. The summed E-state index contributed by atoms with van der Waals surface area (Å²) >= 11 is 0. The third-order valence-corrected chi connectivity index (χ3v) is 6.25. The highest BCUT2D eigenvalue weighted by molar-refractivity contribution is 5.92. The minimum Gasteiger partial charge on any atom is -0.494 e. The summed E-state index contributed by atoms with van der Waals surface area (Å²) in [6.07, 6.45) is 1.81. The Morgan fingerprint density at radius 2 is 1.83 bits per heavy atom. The Hall–Kier alpha value is -4.31. The smallest absolute Gasteiger partial charge is 0.337 e. The Balaban J connectivity index is 1.42. The minimum absolute atomic E-state index is 0.402. The lowest BCUT2D eigenvalue weighted by Crippen LogP contribution is -2.44. The molecule has 10 heteroatoms. The second kappa shape index (κ2) is 10.1. The zero-order chi connectivity index (χ0) is 25.1. The molecule has 0 bridgehead atoms. The van der Waals surface area contributed by atoms with Crippen molar-refractivity contribution in [1.29, 1.82) is 0 Å². The topological polar surface area (TPSA) is 108 Å². The molecular weight excluding hydrogens is 458 g/mol. The molecule has 1 aliphatic rings. The molecule has 2 aromatic heterocycles. The first kappa shape index (κ1) is 23.4. The van der Waals surface area contributed by atoms with Crippen LogP contribution in [0.25, 0.3) is 11.0 Å². The molecule has 36 heavy (non-hydrogen) atoms. The molecular formula is C26H29N7O3. The van der Waals surface area contributed by atoms with Crippen LogP contribution >= 0.6 is 0 Å². The molecule has 0 atom stereocenters. The number of piperazine rings is 1. The van der Waals surface area contributed by atoms with Crippen molar-refractivity contribution >= 4 is 45.8 Å². The van der Waals surface area contributed by atoms with Gasteiger partial charge in [-0.3, -0.25) is 0 Å². The molecule has 2 aromatic carbocycles. The van der Waals surface area contributed by atoms with Crippen LogP contribution in [0.15, 0.2) is 54.7 Å². The van der Waals surface area contributed by atoms with Crippen molar-refractivity contribution in [3.63, 3.8) is 0 Å². The Morgan fingerprint density at radius 3 is 2.61 bits per heavy atom. The van der Waals surface area contributed by atoms with Crippen molar-refractivity contribution < 1.29 is 14.3 Å². The van der Waals surface area contributed by atoms with Gasteiger partial charge < -0.3 is 34.9 Å². The molecule has 10 nitrogen and oxygen atoms in total. The molecule has 0 amide bonds. The summed E-state index contributed by atoms with van der Waals surface area (Å²) in [5.74, 6) is 1.30. The lowest BCUT2D eigenvalue weighted by Gasteiger charge is -2.34. The van der Waals surface area contributed by atoms with Gasteiger partial charge in [0.2, 0.25) is 5.95 Å². The van der Waals surface area contributed by atoms with E-state index in [2.05, 4.69) is 43.5 Å². The van der Waals surface area contributed by atoms with E-state index in [1.807, 2.05) is 30.5 Å². The van der Waals surface area contributed by atoms with E-state index in [4.69, 9.17) is 14.5 Å². The molecule has 186 valence electrons. The van der Waals surface area contributed by atoms with Crippen molar-refractivity contribution in [2.45, 2.75) is 0 Å². The number of esters is 1. The highest BCUT2D eigenvalue weighted by Gasteiger charge is 2.17. The number of aromatic amines is 1. The number of nitrogens with one attached hydrogen (secondary N) is 3. The maximum Gasteiger partial charge on any atom is 0.337 e. The molecule has 0 unspecified atom stereocenters.